The Balaban J connectivity index is 1.60. The summed E-state index contributed by atoms with van der Waals surface area (Å²) in [5, 5.41) is 6.60. The third kappa shape index (κ3) is 5.26. The van der Waals surface area contributed by atoms with Crippen LogP contribution in [0.4, 0.5) is 5.95 Å². The van der Waals surface area contributed by atoms with Gasteiger partial charge in [-0.05, 0) is 39.4 Å². The molecule has 1 saturated heterocycles. The Bertz CT molecular complexity index is 506. The van der Waals surface area contributed by atoms with Gasteiger partial charge in [-0.3, -0.25) is 4.79 Å². The highest BCUT2D eigenvalue weighted by Gasteiger charge is 2.22. The number of nitrogens with one attached hydrogen (secondary N) is 2. The maximum Gasteiger partial charge on any atom is 0.224 e. The Labute approximate surface area is 140 Å². The van der Waals surface area contributed by atoms with Crippen LogP contribution in [0.3, 0.4) is 0 Å². The molecule has 1 fully saturated rings. The number of nitrogens with zero attached hydrogens (tertiary/aromatic N) is 3. The number of piperidine rings is 1. The van der Waals surface area contributed by atoms with Crippen LogP contribution in [0.25, 0.3) is 0 Å². The summed E-state index contributed by atoms with van der Waals surface area (Å²) in [4.78, 5) is 22.3. The van der Waals surface area contributed by atoms with Crippen LogP contribution in [0.1, 0.15) is 19.3 Å². The molecule has 1 amide bonds. The second-order valence-corrected chi connectivity index (χ2v) is 6.25. The molecule has 2 heterocycles. The van der Waals surface area contributed by atoms with Crippen LogP contribution in [0.5, 0.6) is 0 Å². The fourth-order valence-electron chi connectivity index (χ4n) is 2.35. The second kappa shape index (κ2) is 8.50. The third-order valence-electron chi connectivity index (χ3n) is 3.73. The molecule has 0 spiro atoms. The first kappa shape index (κ1) is 17.2. The summed E-state index contributed by atoms with van der Waals surface area (Å²) in [5.74, 6) is 0.762. The van der Waals surface area contributed by atoms with Crippen molar-refractivity contribution in [3.63, 3.8) is 0 Å². The Morgan fingerprint density at radius 3 is 2.77 bits per heavy atom. The number of likely N-dealkylation sites (tertiary alicyclic amines) is 1. The van der Waals surface area contributed by atoms with Crippen molar-refractivity contribution in [2.75, 3.05) is 38.5 Å². The summed E-state index contributed by atoms with van der Waals surface area (Å²) < 4.78 is 0. The number of carbonyl (C=O) groups is 1. The van der Waals surface area contributed by atoms with E-state index in [2.05, 4.69) is 32.5 Å². The number of hydrogen-bond donors (Lipinski definition) is 2. The van der Waals surface area contributed by atoms with E-state index in [-0.39, 0.29) is 17.0 Å². The fraction of sp³-hybridized carbons (Fsp3) is 0.643. The average Bonchev–Trinajstić information content (AvgIpc) is 2.51. The maximum atomic E-state index is 12.0. The van der Waals surface area contributed by atoms with E-state index >= 15 is 0 Å². The number of halogens is 2. The van der Waals surface area contributed by atoms with Gasteiger partial charge in [-0.15, -0.1) is 0 Å². The summed E-state index contributed by atoms with van der Waals surface area (Å²) in [7, 11) is 2.09. The standard InChI is InChI=1S/C14H21Cl2N5O/c1-21-7-3-10(4-8-21)13(22)17-5-2-6-18-14-19-9-11(15)12(16)20-14/h9-10H,2-8H2,1H3,(H,17,22)(H,18,19,20). The number of anilines is 1. The third-order valence-corrected chi connectivity index (χ3v) is 4.39. The van der Waals surface area contributed by atoms with E-state index in [1.54, 1.807) is 0 Å². The van der Waals surface area contributed by atoms with E-state index in [0.717, 1.165) is 32.4 Å². The van der Waals surface area contributed by atoms with E-state index in [1.165, 1.54) is 6.20 Å². The molecule has 2 N–H and O–H groups in total. The Morgan fingerprint density at radius 2 is 2.09 bits per heavy atom. The van der Waals surface area contributed by atoms with Crippen LogP contribution in [0.2, 0.25) is 10.2 Å². The Kier molecular flexibility index (Phi) is 6.67. The molecule has 8 heteroatoms. The van der Waals surface area contributed by atoms with Crippen LogP contribution in [-0.4, -0.2) is 54.0 Å². The molecule has 0 atom stereocenters. The van der Waals surface area contributed by atoms with Gasteiger partial charge in [-0.25, -0.2) is 4.98 Å². The van der Waals surface area contributed by atoms with Crippen LogP contribution in [-0.2, 0) is 4.79 Å². The minimum atomic E-state index is 0.155. The molecule has 0 bridgehead atoms. The first-order chi connectivity index (χ1) is 10.6. The van der Waals surface area contributed by atoms with Gasteiger partial charge in [0, 0.05) is 19.0 Å². The van der Waals surface area contributed by atoms with Crippen LogP contribution in [0, 0.1) is 5.92 Å². The predicted octanol–water partition coefficient (Wildman–Crippen LogP) is 2.04. The van der Waals surface area contributed by atoms with E-state index in [0.29, 0.717) is 24.1 Å². The highest BCUT2D eigenvalue weighted by Crippen LogP contribution is 2.18. The van der Waals surface area contributed by atoms with Gasteiger partial charge in [0.2, 0.25) is 11.9 Å². The molecule has 1 aromatic heterocycles. The van der Waals surface area contributed by atoms with Gasteiger partial charge in [0.05, 0.1) is 11.2 Å². The molecule has 6 nitrogen and oxygen atoms in total. The van der Waals surface area contributed by atoms with E-state index in [9.17, 15) is 4.79 Å². The molecule has 0 aliphatic carbocycles. The Morgan fingerprint density at radius 1 is 1.36 bits per heavy atom. The molecular formula is C14H21Cl2N5O. The van der Waals surface area contributed by atoms with Crippen molar-refractivity contribution in [3.8, 4) is 0 Å². The first-order valence-corrected chi connectivity index (χ1v) is 8.20. The lowest BCUT2D eigenvalue weighted by atomic mass is 9.96. The lowest BCUT2D eigenvalue weighted by Gasteiger charge is -2.28. The molecule has 1 aliphatic heterocycles. The zero-order valence-electron chi connectivity index (χ0n) is 12.6. The number of amides is 1. The quantitative estimate of drug-likeness (QED) is 0.609. The van der Waals surface area contributed by atoms with Gasteiger partial charge < -0.3 is 15.5 Å². The van der Waals surface area contributed by atoms with Gasteiger partial charge in [0.25, 0.3) is 0 Å². The number of aromatic nitrogens is 2. The molecule has 0 unspecified atom stereocenters. The molecule has 122 valence electrons. The average molecular weight is 346 g/mol. The van der Waals surface area contributed by atoms with Gasteiger partial charge in [0.1, 0.15) is 0 Å². The lowest BCUT2D eigenvalue weighted by Crippen LogP contribution is -2.39. The highest BCUT2D eigenvalue weighted by atomic mass is 35.5. The van der Waals surface area contributed by atoms with Crippen molar-refractivity contribution in [1.82, 2.24) is 20.2 Å². The number of hydrogen-bond acceptors (Lipinski definition) is 5. The summed E-state index contributed by atoms with van der Waals surface area (Å²) in [6.07, 6.45) is 4.14. The normalized spacial score (nSPS) is 16.5. The molecular weight excluding hydrogens is 325 g/mol. The molecule has 2 rings (SSSR count). The van der Waals surface area contributed by atoms with Crippen LogP contribution in [0.15, 0.2) is 6.20 Å². The monoisotopic (exact) mass is 345 g/mol. The number of carbonyl (C=O) groups excluding carboxylic acids is 1. The zero-order valence-corrected chi connectivity index (χ0v) is 14.1. The summed E-state index contributed by atoms with van der Waals surface area (Å²) in [5.41, 5.74) is 0. The van der Waals surface area contributed by atoms with Crippen molar-refractivity contribution >= 4 is 35.1 Å². The zero-order chi connectivity index (χ0) is 15.9. The molecule has 0 saturated carbocycles. The number of rotatable bonds is 6. The van der Waals surface area contributed by atoms with Gasteiger partial charge >= 0.3 is 0 Å². The molecule has 0 aromatic carbocycles. The highest BCUT2D eigenvalue weighted by molar-refractivity contribution is 6.41. The van der Waals surface area contributed by atoms with Gasteiger partial charge in [-0.1, -0.05) is 23.2 Å². The SMILES string of the molecule is CN1CCC(C(=O)NCCCNc2ncc(Cl)c(Cl)n2)CC1. The van der Waals surface area contributed by atoms with Crippen molar-refractivity contribution in [2.24, 2.45) is 5.92 Å². The smallest absolute Gasteiger partial charge is 0.224 e. The Hall–Kier alpha value is -1.11. The van der Waals surface area contributed by atoms with E-state index < -0.39 is 0 Å². The van der Waals surface area contributed by atoms with Crippen molar-refractivity contribution < 1.29 is 4.79 Å². The molecule has 0 radical (unpaired) electrons. The predicted molar refractivity (Wildman–Crippen MR) is 88.4 cm³/mol. The van der Waals surface area contributed by atoms with Gasteiger partial charge in [-0.2, -0.15) is 4.98 Å². The van der Waals surface area contributed by atoms with Gasteiger partial charge in [0.15, 0.2) is 5.15 Å². The lowest BCUT2D eigenvalue weighted by molar-refractivity contribution is -0.126. The first-order valence-electron chi connectivity index (χ1n) is 7.44. The molecule has 22 heavy (non-hydrogen) atoms. The summed E-state index contributed by atoms with van der Waals surface area (Å²) in [6.45, 7) is 3.29. The van der Waals surface area contributed by atoms with Crippen molar-refractivity contribution in [1.29, 1.82) is 0 Å². The van der Waals surface area contributed by atoms with Crippen LogP contribution < -0.4 is 10.6 Å². The second-order valence-electron chi connectivity index (χ2n) is 5.48. The molecule has 1 aliphatic rings. The summed E-state index contributed by atoms with van der Waals surface area (Å²) in [6, 6.07) is 0. The minimum Gasteiger partial charge on any atom is -0.356 e. The van der Waals surface area contributed by atoms with E-state index in [1.807, 2.05) is 0 Å². The topological polar surface area (TPSA) is 70.2 Å². The minimum absolute atomic E-state index is 0.155. The maximum absolute atomic E-state index is 12.0. The van der Waals surface area contributed by atoms with Crippen molar-refractivity contribution in [3.05, 3.63) is 16.4 Å². The van der Waals surface area contributed by atoms with Crippen molar-refractivity contribution in [2.45, 2.75) is 19.3 Å². The van der Waals surface area contributed by atoms with Crippen LogP contribution >= 0.6 is 23.2 Å². The van der Waals surface area contributed by atoms with E-state index in [4.69, 9.17) is 23.2 Å². The largest absolute Gasteiger partial charge is 0.356 e. The molecule has 1 aromatic rings. The summed E-state index contributed by atoms with van der Waals surface area (Å²) >= 11 is 11.6. The fourth-order valence-corrected chi connectivity index (χ4v) is 2.57.